The van der Waals surface area contributed by atoms with Gasteiger partial charge in [0.05, 0.1) is 6.42 Å². The van der Waals surface area contributed by atoms with Gasteiger partial charge in [0, 0.05) is 10.5 Å². The maximum absolute atomic E-state index is 11.7. The van der Waals surface area contributed by atoms with Crippen LogP contribution in [0.25, 0.3) is 0 Å². The Balaban J connectivity index is 2.41. The summed E-state index contributed by atoms with van der Waals surface area (Å²) in [4.78, 5) is 11.7. The lowest BCUT2D eigenvalue weighted by Crippen LogP contribution is -2.40. The van der Waals surface area contributed by atoms with Gasteiger partial charge in [-0.05, 0) is 28.3 Å². The van der Waals surface area contributed by atoms with Crippen LogP contribution in [-0.2, 0) is 11.2 Å². The quantitative estimate of drug-likeness (QED) is 0.650. The smallest absolute Gasteiger partial charge is 0.224 e. The second kappa shape index (κ2) is 6.48. The van der Waals surface area contributed by atoms with Crippen LogP contribution >= 0.6 is 33.9 Å². The first kappa shape index (κ1) is 13.0. The average molecular weight is 337 g/mol. The molecule has 0 aromatic carbocycles. The van der Waals surface area contributed by atoms with Crippen molar-refractivity contribution < 1.29 is 4.79 Å². The number of carbonyl (C=O) groups is 1. The van der Waals surface area contributed by atoms with Gasteiger partial charge in [0.15, 0.2) is 0 Å². The monoisotopic (exact) mass is 337 g/mol. The van der Waals surface area contributed by atoms with Crippen LogP contribution in [0, 0.1) is 5.92 Å². The second-order valence-corrected chi connectivity index (χ2v) is 5.54. The Morgan fingerprint density at radius 3 is 2.80 bits per heavy atom. The second-order valence-electron chi connectivity index (χ2n) is 3.88. The number of halogens is 1. The highest BCUT2D eigenvalue weighted by molar-refractivity contribution is 14.1. The van der Waals surface area contributed by atoms with E-state index in [1.54, 1.807) is 11.3 Å². The molecule has 0 aliphatic carbocycles. The molecule has 1 unspecified atom stereocenters. The molecule has 0 aliphatic rings. The van der Waals surface area contributed by atoms with Crippen LogP contribution in [0.15, 0.2) is 16.8 Å². The molecule has 0 saturated carbocycles. The number of rotatable bonds is 5. The third-order valence-corrected chi connectivity index (χ3v) is 3.94. The van der Waals surface area contributed by atoms with Crippen molar-refractivity contribution in [3.63, 3.8) is 0 Å². The lowest BCUT2D eigenvalue weighted by molar-refractivity contribution is -0.121. The SMILES string of the molecule is CC(C)C(CI)NC(=O)Cc1ccsc1. The zero-order valence-corrected chi connectivity index (χ0v) is 12.0. The topological polar surface area (TPSA) is 29.1 Å². The molecule has 2 nitrogen and oxygen atoms in total. The molecule has 0 spiro atoms. The molecule has 1 aromatic heterocycles. The number of nitrogens with one attached hydrogen (secondary N) is 1. The van der Waals surface area contributed by atoms with Crippen molar-refractivity contribution in [2.24, 2.45) is 5.92 Å². The Kier molecular flexibility index (Phi) is 5.60. The molecule has 0 aliphatic heterocycles. The van der Waals surface area contributed by atoms with E-state index in [2.05, 4.69) is 41.8 Å². The van der Waals surface area contributed by atoms with Crippen LogP contribution in [0.5, 0.6) is 0 Å². The Bertz CT molecular complexity index is 298. The number of amides is 1. The highest BCUT2D eigenvalue weighted by atomic mass is 127. The summed E-state index contributed by atoms with van der Waals surface area (Å²) >= 11 is 3.95. The van der Waals surface area contributed by atoms with Crippen LogP contribution in [0.4, 0.5) is 0 Å². The third-order valence-electron chi connectivity index (χ3n) is 2.26. The average Bonchev–Trinajstić information content (AvgIpc) is 2.66. The Morgan fingerprint density at radius 2 is 2.33 bits per heavy atom. The first-order valence-corrected chi connectivity index (χ1v) is 7.46. The van der Waals surface area contributed by atoms with E-state index in [9.17, 15) is 4.79 Å². The lowest BCUT2D eigenvalue weighted by atomic mass is 10.1. The minimum absolute atomic E-state index is 0.128. The van der Waals surface area contributed by atoms with E-state index < -0.39 is 0 Å². The highest BCUT2D eigenvalue weighted by Gasteiger charge is 2.14. The van der Waals surface area contributed by atoms with Crippen LogP contribution < -0.4 is 5.32 Å². The van der Waals surface area contributed by atoms with E-state index in [1.165, 1.54) is 0 Å². The van der Waals surface area contributed by atoms with Gasteiger partial charge < -0.3 is 5.32 Å². The van der Waals surface area contributed by atoms with Crippen molar-refractivity contribution in [1.29, 1.82) is 0 Å². The van der Waals surface area contributed by atoms with Crippen LogP contribution in [0.3, 0.4) is 0 Å². The number of hydrogen-bond acceptors (Lipinski definition) is 2. The standard InChI is InChI=1S/C11H16INOS/c1-8(2)10(6-12)13-11(14)5-9-3-4-15-7-9/h3-4,7-8,10H,5-6H2,1-2H3,(H,13,14). The van der Waals surface area contributed by atoms with Gasteiger partial charge in [0.1, 0.15) is 0 Å². The van der Waals surface area contributed by atoms with Crippen molar-refractivity contribution >= 4 is 39.8 Å². The normalized spacial score (nSPS) is 12.8. The number of hydrogen-bond donors (Lipinski definition) is 1. The molecular formula is C11H16INOS. The number of carbonyl (C=O) groups excluding carboxylic acids is 1. The Hall–Kier alpha value is -0.100. The molecule has 1 amide bonds. The molecule has 4 heteroatoms. The van der Waals surface area contributed by atoms with Gasteiger partial charge in [-0.15, -0.1) is 0 Å². The van der Waals surface area contributed by atoms with Gasteiger partial charge in [0.25, 0.3) is 0 Å². The van der Waals surface area contributed by atoms with Crippen molar-refractivity contribution in [2.45, 2.75) is 26.3 Å². The van der Waals surface area contributed by atoms with Gasteiger partial charge in [-0.3, -0.25) is 4.79 Å². The molecular weight excluding hydrogens is 321 g/mol. The van der Waals surface area contributed by atoms with Gasteiger partial charge in [-0.1, -0.05) is 36.4 Å². The summed E-state index contributed by atoms with van der Waals surface area (Å²) in [7, 11) is 0. The van der Waals surface area contributed by atoms with Crippen LogP contribution in [-0.4, -0.2) is 16.4 Å². The van der Waals surface area contributed by atoms with E-state index in [0.717, 1.165) is 9.99 Å². The van der Waals surface area contributed by atoms with Crippen molar-refractivity contribution in [3.8, 4) is 0 Å². The van der Waals surface area contributed by atoms with Crippen molar-refractivity contribution in [1.82, 2.24) is 5.32 Å². The molecule has 15 heavy (non-hydrogen) atoms. The van der Waals surface area contributed by atoms with E-state index in [-0.39, 0.29) is 11.9 Å². The van der Waals surface area contributed by atoms with Gasteiger partial charge in [-0.25, -0.2) is 0 Å². The predicted molar refractivity (Wildman–Crippen MR) is 73.7 cm³/mol. The Morgan fingerprint density at radius 1 is 1.60 bits per heavy atom. The molecule has 0 saturated heterocycles. The largest absolute Gasteiger partial charge is 0.352 e. The molecule has 1 aromatic rings. The molecule has 0 radical (unpaired) electrons. The highest BCUT2D eigenvalue weighted by Crippen LogP contribution is 2.08. The number of alkyl halides is 1. The molecule has 84 valence electrons. The van der Waals surface area contributed by atoms with Crippen LogP contribution in [0.1, 0.15) is 19.4 Å². The summed E-state index contributed by atoms with van der Waals surface area (Å²) in [6, 6.07) is 2.29. The zero-order chi connectivity index (χ0) is 11.3. The fourth-order valence-electron chi connectivity index (χ4n) is 1.22. The summed E-state index contributed by atoms with van der Waals surface area (Å²) in [6.07, 6.45) is 0.503. The molecule has 0 fully saturated rings. The maximum atomic E-state index is 11.7. The maximum Gasteiger partial charge on any atom is 0.224 e. The van der Waals surface area contributed by atoms with E-state index >= 15 is 0 Å². The third kappa shape index (κ3) is 4.51. The van der Waals surface area contributed by atoms with Crippen molar-refractivity contribution in [2.75, 3.05) is 4.43 Å². The summed E-state index contributed by atoms with van der Waals surface area (Å²) in [6.45, 7) is 4.27. The zero-order valence-electron chi connectivity index (χ0n) is 9.00. The summed E-state index contributed by atoms with van der Waals surface area (Å²) in [5.41, 5.74) is 1.11. The Labute approximate surface area is 109 Å². The van der Waals surface area contributed by atoms with Gasteiger partial charge >= 0.3 is 0 Å². The molecule has 1 heterocycles. The van der Waals surface area contributed by atoms with E-state index in [4.69, 9.17) is 0 Å². The molecule has 1 rings (SSSR count). The van der Waals surface area contributed by atoms with Gasteiger partial charge in [0.2, 0.25) is 5.91 Å². The van der Waals surface area contributed by atoms with Gasteiger partial charge in [-0.2, -0.15) is 11.3 Å². The molecule has 1 N–H and O–H groups in total. The summed E-state index contributed by atoms with van der Waals surface area (Å²) in [5.74, 6) is 0.622. The van der Waals surface area contributed by atoms with Crippen LogP contribution in [0.2, 0.25) is 0 Å². The van der Waals surface area contributed by atoms with Crippen molar-refractivity contribution in [3.05, 3.63) is 22.4 Å². The summed E-state index contributed by atoms with van der Waals surface area (Å²) in [5, 5.41) is 7.09. The first-order valence-electron chi connectivity index (χ1n) is 5.00. The summed E-state index contributed by atoms with van der Waals surface area (Å²) < 4.78 is 0.963. The molecule has 1 atom stereocenters. The van der Waals surface area contributed by atoms with E-state index in [1.807, 2.05) is 16.8 Å². The minimum atomic E-state index is 0.128. The first-order chi connectivity index (χ1) is 7.13. The molecule has 0 bridgehead atoms. The number of thiophene rings is 1. The fraction of sp³-hybridized carbons (Fsp3) is 0.545. The predicted octanol–water partition coefficient (Wildman–Crippen LogP) is 2.87. The minimum Gasteiger partial charge on any atom is -0.352 e. The lowest BCUT2D eigenvalue weighted by Gasteiger charge is -2.19. The van der Waals surface area contributed by atoms with E-state index in [0.29, 0.717) is 12.3 Å². The fourth-order valence-corrected chi connectivity index (χ4v) is 3.13.